The average molecular weight is 253 g/mol. The van der Waals surface area contributed by atoms with Crippen molar-refractivity contribution in [2.24, 2.45) is 0 Å². The highest BCUT2D eigenvalue weighted by atomic mass is 32.1. The van der Waals surface area contributed by atoms with Crippen LogP contribution >= 0.6 is 11.3 Å². The van der Waals surface area contributed by atoms with Gasteiger partial charge in [0.1, 0.15) is 15.8 Å². The van der Waals surface area contributed by atoms with Crippen LogP contribution in [0.2, 0.25) is 0 Å². The number of nitrogen functional groups attached to an aromatic ring is 1. The standard InChI is InChI=1S/C13H8N4S/c14-7-11-12(15)9-1-2-10(17-13(9)18-11)8-3-5-16-6-4-8/h1-6H,15H2/p+1. The number of rotatable bonds is 1. The molecule has 18 heavy (non-hydrogen) atoms. The molecule has 3 aromatic rings. The van der Waals surface area contributed by atoms with E-state index in [0.29, 0.717) is 10.6 Å². The Morgan fingerprint density at radius 1 is 1.22 bits per heavy atom. The van der Waals surface area contributed by atoms with Crippen molar-refractivity contribution in [3.05, 3.63) is 41.5 Å². The number of pyridine rings is 2. The number of fused-ring (bicyclic) bond motifs is 1. The van der Waals surface area contributed by atoms with Gasteiger partial charge >= 0.3 is 0 Å². The molecule has 0 aliphatic rings. The first kappa shape index (κ1) is 10.7. The van der Waals surface area contributed by atoms with E-state index in [0.717, 1.165) is 21.5 Å². The SMILES string of the molecule is N#Cc1sc2nc(-c3cc[nH+]cc3)ccc2c1N. The normalized spacial score (nSPS) is 10.4. The predicted molar refractivity (Wildman–Crippen MR) is 70.7 cm³/mol. The fourth-order valence-corrected chi connectivity index (χ4v) is 2.69. The number of hydrogen-bond donors (Lipinski definition) is 1. The Balaban J connectivity index is 2.21. The fourth-order valence-electron chi connectivity index (χ4n) is 1.80. The van der Waals surface area contributed by atoms with Crippen LogP contribution in [0.5, 0.6) is 0 Å². The molecule has 0 amide bonds. The monoisotopic (exact) mass is 253 g/mol. The molecular weight excluding hydrogens is 244 g/mol. The second kappa shape index (κ2) is 4.09. The van der Waals surface area contributed by atoms with Crippen LogP contribution in [0.25, 0.3) is 21.5 Å². The molecule has 0 unspecified atom stereocenters. The van der Waals surface area contributed by atoms with Crippen molar-refractivity contribution in [2.45, 2.75) is 0 Å². The Hall–Kier alpha value is -2.45. The summed E-state index contributed by atoms with van der Waals surface area (Å²) in [4.78, 5) is 8.85. The molecule has 0 aromatic carbocycles. The molecule has 3 heterocycles. The second-order valence-corrected chi connectivity index (χ2v) is 4.79. The molecule has 3 N–H and O–H groups in total. The van der Waals surface area contributed by atoms with E-state index in [9.17, 15) is 0 Å². The van der Waals surface area contributed by atoms with Gasteiger partial charge in [-0.05, 0) is 12.1 Å². The number of nitrogens with one attached hydrogen (secondary N) is 1. The van der Waals surface area contributed by atoms with Gasteiger partial charge in [0.25, 0.3) is 0 Å². The van der Waals surface area contributed by atoms with Crippen LogP contribution in [0.3, 0.4) is 0 Å². The zero-order valence-corrected chi connectivity index (χ0v) is 10.2. The largest absolute Gasteiger partial charge is 0.396 e. The Morgan fingerprint density at radius 3 is 2.72 bits per heavy atom. The highest BCUT2D eigenvalue weighted by Crippen LogP contribution is 2.33. The van der Waals surface area contributed by atoms with E-state index in [1.807, 2.05) is 36.7 Å². The molecule has 0 radical (unpaired) electrons. The van der Waals surface area contributed by atoms with E-state index < -0.39 is 0 Å². The number of H-pyrrole nitrogens is 1. The fraction of sp³-hybridized carbons (Fsp3) is 0. The van der Waals surface area contributed by atoms with Crippen molar-refractivity contribution >= 4 is 27.2 Å². The summed E-state index contributed by atoms with van der Waals surface area (Å²) < 4.78 is 0. The maximum Gasteiger partial charge on any atom is 0.167 e. The van der Waals surface area contributed by atoms with E-state index >= 15 is 0 Å². The van der Waals surface area contributed by atoms with Gasteiger partial charge < -0.3 is 5.73 Å². The lowest BCUT2D eigenvalue weighted by atomic mass is 10.1. The minimum Gasteiger partial charge on any atom is -0.396 e. The molecule has 0 saturated carbocycles. The Kier molecular flexibility index (Phi) is 2.43. The zero-order valence-electron chi connectivity index (χ0n) is 9.34. The van der Waals surface area contributed by atoms with Gasteiger partial charge in [0.2, 0.25) is 0 Å². The van der Waals surface area contributed by atoms with E-state index in [-0.39, 0.29) is 0 Å². The number of aromatic nitrogens is 2. The lowest BCUT2D eigenvalue weighted by molar-refractivity contribution is -0.377. The first-order valence-electron chi connectivity index (χ1n) is 5.35. The first-order chi connectivity index (χ1) is 8.79. The maximum atomic E-state index is 8.95. The summed E-state index contributed by atoms with van der Waals surface area (Å²) in [5.74, 6) is 0. The Morgan fingerprint density at radius 2 is 2.00 bits per heavy atom. The highest BCUT2D eigenvalue weighted by molar-refractivity contribution is 7.19. The van der Waals surface area contributed by atoms with Gasteiger partial charge in [-0.25, -0.2) is 9.97 Å². The third-order valence-electron chi connectivity index (χ3n) is 2.71. The van der Waals surface area contributed by atoms with E-state index in [4.69, 9.17) is 11.0 Å². The van der Waals surface area contributed by atoms with Crippen molar-refractivity contribution in [3.8, 4) is 17.3 Å². The van der Waals surface area contributed by atoms with Crippen molar-refractivity contribution in [2.75, 3.05) is 5.73 Å². The van der Waals surface area contributed by atoms with E-state index in [1.165, 1.54) is 11.3 Å². The van der Waals surface area contributed by atoms with Crippen LogP contribution in [-0.2, 0) is 0 Å². The topological polar surface area (TPSA) is 76.8 Å². The predicted octanol–water partition coefficient (Wildman–Crippen LogP) is 2.23. The summed E-state index contributed by atoms with van der Waals surface area (Å²) in [5, 5.41) is 9.80. The highest BCUT2D eigenvalue weighted by Gasteiger charge is 2.11. The Bertz CT molecular complexity index is 756. The van der Waals surface area contributed by atoms with Crippen LogP contribution in [0.1, 0.15) is 4.88 Å². The molecule has 0 spiro atoms. The van der Waals surface area contributed by atoms with Crippen molar-refractivity contribution in [1.29, 1.82) is 5.26 Å². The summed E-state index contributed by atoms with van der Waals surface area (Å²) in [6, 6.07) is 9.84. The Labute approximate surface area is 107 Å². The van der Waals surface area contributed by atoms with Crippen molar-refractivity contribution < 1.29 is 4.98 Å². The summed E-state index contributed by atoms with van der Waals surface area (Å²) in [5.41, 5.74) is 8.31. The number of nitriles is 1. The molecule has 5 heteroatoms. The van der Waals surface area contributed by atoms with Crippen LogP contribution in [0, 0.1) is 11.3 Å². The number of nitrogens with zero attached hydrogens (tertiary/aromatic N) is 2. The van der Waals surface area contributed by atoms with E-state index in [2.05, 4.69) is 16.0 Å². The van der Waals surface area contributed by atoms with Crippen LogP contribution < -0.4 is 10.7 Å². The minimum absolute atomic E-state index is 0.524. The van der Waals surface area contributed by atoms with Gasteiger partial charge in [-0.15, -0.1) is 11.3 Å². The van der Waals surface area contributed by atoms with Gasteiger partial charge in [0, 0.05) is 23.1 Å². The third kappa shape index (κ3) is 1.60. The minimum atomic E-state index is 0.524. The molecule has 0 aliphatic carbocycles. The summed E-state index contributed by atoms with van der Waals surface area (Å²) in [7, 11) is 0. The molecule has 3 aromatic heterocycles. The molecule has 0 bridgehead atoms. The molecule has 0 fully saturated rings. The molecular formula is C13H9N4S+. The van der Waals surface area contributed by atoms with Crippen molar-refractivity contribution in [1.82, 2.24) is 4.98 Å². The van der Waals surface area contributed by atoms with Gasteiger partial charge in [0.05, 0.1) is 11.4 Å². The molecule has 0 saturated heterocycles. The van der Waals surface area contributed by atoms with Gasteiger partial charge in [-0.2, -0.15) is 5.26 Å². The van der Waals surface area contributed by atoms with Crippen molar-refractivity contribution in [3.63, 3.8) is 0 Å². The van der Waals surface area contributed by atoms with Crippen LogP contribution in [0.4, 0.5) is 5.69 Å². The summed E-state index contributed by atoms with van der Waals surface area (Å²) >= 11 is 1.33. The molecule has 3 rings (SSSR count). The van der Waals surface area contributed by atoms with Crippen LogP contribution in [0.15, 0.2) is 36.7 Å². The maximum absolute atomic E-state index is 8.95. The molecule has 0 atom stereocenters. The smallest absolute Gasteiger partial charge is 0.167 e. The number of nitrogens with two attached hydrogens (primary N) is 1. The number of thiophene rings is 1. The molecule has 86 valence electrons. The quantitative estimate of drug-likeness (QED) is 0.722. The summed E-state index contributed by atoms with van der Waals surface area (Å²) in [6.07, 6.45) is 3.70. The lowest BCUT2D eigenvalue weighted by Crippen LogP contribution is -1.97. The second-order valence-electron chi connectivity index (χ2n) is 3.79. The molecule has 4 nitrogen and oxygen atoms in total. The lowest BCUT2D eigenvalue weighted by Gasteiger charge is -1.98. The average Bonchev–Trinajstić information content (AvgIpc) is 2.76. The van der Waals surface area contributed by atoms with Gasteiger partial charge in [-0.1, -0.05) is 0 Å². The van der Waals surface area contributed by atoms with Gasteiger partial charge in [-0.3, -0.25) is 0 Å². The van der Waals surface area contributed by atoms with Gasteiger partial charge in [0.15, 0.2) is 12.4 Å². The zero-order chi connectivity index (χ0) is 12.5. The summed E-state index contributed by atoms with van der Waals surface area (Å²) in [6.45, 7) is 0. The number of aromatic amines is 1. The van der Waals surface area contributed by atoms with Crippen LogP contribution in [-0.4, -0.2) is 4.98 Å². The number of anilines is 1. The molecule has 0 aliphatic heterocycles. The van der Waals surface area contributed by atoms with E-state index in [1.54, 1.807) is 0 Å². The number of hydrogen-bond acceptors (Lipinski definition) is 4. The first-order valence-corrected chi connectivity index (χ1v) is 6.17. The third-order valence-corrected chi connectivity index (χ3v) is 3.73.